The summed E-state index contributed by atoms with van der Waals surface area (Å²) in [6.45, 7) is 10.3. The van der Waals surface area contributed by atoms with Crippen molar-refractivity contribution in [2.45, 2.75) is 77.3 Å². The van der Waals surface area contributed by atoms with E-state index in [4.69, 9.17) is 0 Å². The van der Waals surface area contributed by atoms with Crippen molar-refractivity contribution < 1.29 is 0 Å². The molecular formula is C18H34N2. The molecule has 2 saturated carbocycles. The molecule has 0 aromatic rings. The molecule has 2 heteroatoms. The topological polar surface area (TPSA) is 6.48 Å². The van der Waals surface area contributed by atoms with Gasteiger partial charge in [-0.3, -0.25) is 9.80 Å². The van der Waals surface area contributed by atoms with E-state index in [0.717, 1.165) is 23.9 Å². The van der Waals surface area contributed by atoms with Crippen molar-refractivity contribution in [1.82, 2.24) is 9.80 Å². The van der Waals surface area contributed by atoms with Crippen LogP contribution in [0.2, 0.25) is 0 Å². The fourth-order valence-electron chi connectivity index (χ4n) is 5.08. The second-order valence-electron chi connectivity index (χ2n) is 7.73. The summed E-state index contributed by atoms with van der Waals surface area (Å²) in [5, 5.41) is 0. The average molecular weight is 278 g/mol. The van der Waals surface area contributed by atoms with Gasteiger partial charge in [0.1, 0.15) is 0 Å². The van der Waals surface area contributed by atoms with Crippen LogP contribution in [0, 0.1) is 11.8 Å². The fraction of sp³-hybridized carbons (Fsp3) is 1.00. The highest BCUT2D eigenvalue weighted by Crippen LogP contribution is 2.31. The Morgan fingerprint density at radius 2 is 0.900 bits per heavy atom. The van der Waals surface area contributed by atoms with E-state index in [1.54, 1.807) is 0 Å². The Balaban J connectivity index is 1.51. The maximum atomic E-state index is 2.83. The number of hydrogen-bond donors (Lipinski definition) is 0. The minimum absolute atomic E-state index is 0.898. The van der Waals surface area contributed by atoms with E-state index in [-0.39, 0.29) is 0 Å². The van der Waals surface area contributed by atoms with Gasteiger partial charge in [-0.2, -0.15) is 0 Å². The molecule has 4 atom stereocenters. The molecule has 116 valence electrons. The van der Waals surface area contributed by atoms with Crippen LogP contribution in [-0.2, 0) is 0 Å². The van der Waals surface area contributed by atoms with Gasteiger partial charge in [-0.1, -0.05) is 39.5 Å². The van der Waals surface area contributed by atoms with Gasteiger partial charge in [0.25, 0.3) is 0 Å². The van der Waals surface area contributed by atoms with Gasteiger partial charge < -0.3 is 0 Å². The summed E-state index contributed by atoms with van der Waals surface area (Å²) in [5.41, 5.74) is 0. The zero-order valence-corrected chi connectivity index (χ0v) is 13.7. The minimum atomic E-state index is 0.898. The Kier molecular flexibility index (Phi) is 5.04. The third-order valence-corrected chi connectivity index (χ3v) is 6.42. The summed E-state index contributed by atoms with van der Waals surface area (Å²) in [7, 11) is 0. The van der Waals surface area contributed by atoms with Crippen LogP contribution in [-0.4, -0.2) is 48.1 Å². The second-order valence-corrected chi connectivity index (χ2v) is 7.73. The molecule has 0 aromatic carbocycles. The van der Waals surface area contributed by atoms with Crippen LogP contribution in [0.15, 0.2) is 0 Å². The molecule has 1 heterocycles. The van der Waals surface area contributed by atoms with Crippen molar-refractivity contribution in [3.8, 4) is 0 Å². The molecule has 2 aliphatic carbocycles. The van der Waals surface area contributed by atoms with Crippen molar-refractivity contribution in [3.05, 3.63) is 0 Å². The zero-order chi connectivity index (χ0) is 13.9. The summed E-state index contributed by atoms with van der Waals surface area (Å²) in [5.74, 6) is 1.87. The zero-order valence-electron chi connectivity index (χ0n) is 13.7. The molecule has 0 radical (unpaired) electrons. The molecule has 3 rings (SSSR count). The highest BCUT2D eigenvalue weighted by molar-refractivity contribution is 4.88. The molecule has 3 fully saturated rings. The van der Waals surface area contributed by atoms with E-state index in [1.807, 2.05) is 0 Å². The molecule has 4 unspecified atom stereocenters. The predicted octanol–water partition coefficient (Wildman–Crippen LogP) is 3.76. The second kappa shape index (κ2) is 6.79. The molecule has 0 aromatic heterocycles. The summed E-state index contributed by atoms with van der Waals surface area (Å²) in [4.78, 5) is 5.65. The molecule has 1 saturated heterocycles. The van der Waals surface area contributed by atoms with Gasteiger partial charge in [0.2, 0.25) is 0 Å². The number of nitrogens with zero attached hydrogens (tertiary/aromatic N) is 2. The van der Waals surface area contributed by atoms with E-state index in [2.05, 4.69) is 23.6 Å². The lowest BCUT2D eigenvalue weighted by molar-refractivity contribution is 0.0167. The van der Waals surface area contributed by atoms with Crippen LogP contribution in [0.5, 0.6) is 0 Å². The summed E-state index contributed by atoms with van der Waals surface area (Å²) < 4.78 is 0. The van der Waals surface area contributed by atoms with Crippen LogP contribution in [0.4, 0.5) is 0 Å². The first-order chi connectivity index (χ1) is 9.75. The molecule has 0 N–H and O–H groups in total. The van der Waals surface area contributed by atoms with E-state index in [9.17, 15) is 0 Å². The van der Waals surface area contributed by atoms with Crippen molar-refractivity contribution in [3.63, 3.8) is 0 Å². The lowest BCUT2D eigenvalue weighted by atomic mass is 9.83. The molecule has 0 amide bonds. The Labute approximate surface area is 125 Å². The standard InChI is InChI=1S/C18H34N2/c1-15-7-3-5-9-17(15)19-11-13-20(14-12-19)18-10-6-4-8-16(18)2/h15-18H,3-14H2,1-2H3. The molecule has 1 aliphatic heterocycles. The van der Waals surface area contributed by atoms with E-state index in [1.165, 1.54) is 77.5 Å². The number of hydrogen-bond acceptors (Lipinski definition) is 2. The molecule has 3 aliphatic rings. The fourth-order valence-corrected chi connectivity index (χ4v) is 5.08. The molecule has 2 nitrogen and oxygen atoms in total. The number of piperazine rings is 1. The van der Waals surface area contributed by atoms with Crippen LogP contribution >= 0.6 is 0 Å². The lowest BCUT2D eigenvalue weighted by Gasteiger charge is -2.47. The molecule has 0 bridgehead atoms. The van der Waals surface area contributed by atoms with Crippen molar-refractivity contribution in [2.75, 3.05) is 26.2 Å². The smallest absolute Gasteiger partial charge is 0.0122 e. The average Bonchev–Trinajstić information content (AvgIpc) is 2.49. The molecular weight excluding hydrogens is 244 g/mol. The largest absolute Gasteiger partial charge is 0.298 e. The highest BCUT2D eigenvalue weighted by Gasteiger charge is 2.33. The summed E-state index contributed by atoms with van der Waals surface area (Å²) in [6.07, 6.45) is 11.7. The van der Waals surface area contributed by atoms with Crippen LogP contribution in [0.25, 0.3) is 0 Å². The Morgan fingerprint density at radius 3 is 1.25 bits per heavy atom. The Bertz CT molecular complexity index is 266. The summed E-state index contributed by atoms with van der Waals surface area (Å²) in [6, 6.07) is 1.80. The van der Waals surface area contributed by atoms with Gasteiger partial charge >= 0.3 is 0 Å². The maximum absolute atomic E-state index is 2.83. The van der Waals surface area contributed by atoms with Crippen LogP contribution < -0.4 is 0 Å². The Morgan fingerprint density at radius 1 is 0.550 bits per heavy atom. The van der Waals surface area contributed by atoms with Crippen molar-refractivity contribution >= 4 is 0 Å². The van der Waals surface area contributed by atoms with Gasteiger partial charge in [-0.05, 0) is 37.5 Å². The van der Waals surface area contributed by atoms with Gasteiger partial charge in [0, 0.05) is 38.3 Å². The van der Waals surface area contributed by atoms with Crippen molar-refractivity contribution in [1.29, 1.82) is 0 Å². The van der Waals surface area contributed by atoms with E-state index in [0.29, 0.717) is 0 Å². The van der Waals surface area contributed by atoms with E-state index >= 15 is 0 Å². The van der Waals surface area contributed by atoms with Crippen molar-refractivity contribution in [2.24, 2.45) is 11.8 Å². The first-order valence-corrected chi connectivity index (χ1v) is 9.24. The first kappa shape index (κ1) is 14.8. The quantitative estimate of drug-likeness (QED) is 0.759. The third-order valence-electron chi connectivity index (χ3n) is 6.42. The normalized spacial score (nSPS) is 41.7. The first-order valence-electron chi connectivity index (χ1n) is 9.24. The highest BCUT2D eigenvalue weighted by atomic mass is 15.3. The third kappa shape index (κ3) is 3.22. The van der Waals surface area contributed by atoms with Gasteiger partial charge in [0.05, 0.1) is 0 Å². The SMILES string of the molecule is CC1CCCCC1N1CCN(C2CCCCC2C)CC1. The van der Waals surface area contributed by atoms with Gasteiger partial charge in [0.15, 0.2) is 0 Å². The minimum Gasteiger partial charge on any atom is -0.298 e. The van der Waals surface area contributed by atoms with Gasteiger partial charge in [-0.25, -0.2) is 0 Å². The monoisotopic (exact) mass is 278 g/mol. The molecule has 20 heavy (non-hydrogen) atoms. The van der Waals surface area contributed by atoms with Gasteiger partial charge in [-0.15, -0.1) is 0 Å². The summed E-state index contributed by atoms with van der Waals surface area (Å²) >= 11 is 0. The van der Waals surface area contributed by atoms with Crippen LogP contribution in [0.1, 0.15) is 65.2 Å². The maximum Gasteiger partial charge on any atom is 0.0122 e. The lowest BCUT2D eigenvalue weighted by Crippen LogP contribution is -2.56. The Hall–Kier alpha value is -0.0800. The molecule has 0 spiro atoms. The predicted molar refractivity (Wildman–Crippen MR) is 86.0 cm³/mol. The van der Waals surface area contributed by atoms with E-state index < -0.39 is 0 Å². The van der Waals surface area contributed by atoms with Crippen LogP contribution in [0.3, 0.4) is 0 Å². The number of rotatable bonds is 2.